The molecular weight excluding hydrogens is 384 g/mol. The van der Waals surface area contributed by atoms with Gasteiger partial charge in [-0.25, -0.2) is 0 Å². The summed E-state index contributed by atoms with van der Waals surface area (Å²) < 4.78 is 7.73. The SMILES string of the molecule is CC(C)(C)[Si](C)(C)OC(CCBr)c1ccccc1Br. The summed E-state index contributed by atoms with van der Waals surface area (Å²) in [7, 11) is -1.75. The van der Waals surface area contributed by atoms with E-state index in [1.165, 1.54) is 5.56 Å². The standard InChI is InChI=1S/C15H24Br2OSi/c1-15(2,3)19(4,5)18-14(10-11-16)12-8-6-7-9-13(12)17/h6-9,14H,10-11H2,1-5H3. The zero-order valence-electron chi connectivity index (χ0n) is 12.5. The molecule has 0 spiro atoms. The quantitative estimate of drug-likeness (QED) is 0.411. The largest absolute Gasteiger partial charge is 0.410 e. The average molecular weight is 408 g/mol. The molecule has 0 saturated heterocycles. The molecule has 1 rings (SSSR count). The third-order valence-corrected chi connectivity index (χ3v) is 9.53. The highest BCUT2D eigenvalue weighted by atomic mass is 79.9. The van der Waals surface area contributed by atoms with Gasteiger partial charge in [-0.15, -0.1) is 0 Å². The summed E-state index contributed by atoms with van der Waals surface area (Å²) >= 11 is 7.20. The van der Waals surface area contributed by atoms with E-state index in [1.54, 1.807) is 0 Å². The van der Waals surface area contributed by atoms with Crippen molar-refractivity contribution in [3.05, 3.63) is 34.3 Å². The van der Waals surface area contributed by atoms with Crippen LogP contribution >= 0.6 is 31.9 Å². The molecule has 0 radical (unpaired) electrons. The Labute approximate surface area is 135 Å². The van der Waals surface area contributed by atoms with Gasteiger partial charge in [0.2, 0.25) is 0 Å². The normalized spacial score (nSPS) is 14.5. The fourth-order valence-corrected chi connectivity index (χ4v) is 3.91. The van der Waals surface area contributed by atoms with Gasteiger partial charge in [-0.3, -0.25) is 0 Å². The van der Waals surface area contributed by atoms with Crippen molar-refractivity contribution in [2.45, 2.75) is 51.4 Å². The van der Waals surface area contributed by atoms with Crippen molar-refractivity contribution < 1.29 is 4.43 Å². The van der Waals surface area contributed by atoms with Crippen molar-refractivity contribution in [2.24, 2.45) is 0 Å². The first-order valence-corrected chi connectivity index (χ1v) is 11.5. The second kappa shape index (κ2) is 6.88. The van der Waals surface area contributed by atoms with Crippen molar-refractivity contribution in [2.75, 3.05) is 5.33 Å². The topological polar surface area (TPSA) is 9.23 Å². The highest BCUT2D eigenvalue weighted by Crippen LogP contribution is 2.41. The van der Waals surface area contributed by atoms with Crippen molar-refractivity contribution >= 4 is 40.2 Å². The molecule has 0 saturated carbocycles. The molecule has 108 valence electrons. The van der Waals surface area contributed by atoms with E-state index in [4.69, 9.17) is 4.43 Å². The van der Waals surface area contributed by atoms with Crippen LogP contribution in [-0.4, -0.2) is 13.6 Å². The first-order valence-electron chi connectivity index (χ1n) is 6.67. The molecule has 0 amide bonds. The smallest absolute Gasteiger partial charge is 0.192 e. The predicted octanol–water partition coefficient (Wildman–Crippen LogP) is 6.30. The maximum absolute atomic E-state index is 6.59. The van der Waals surface area contributed by atoms with E-state index in [1.807, 2.05) is 6.07 Å². The van der Waals surface area contributed by atoms with Gasteiger partial charge in [0.25, 0.3) is 0 Å². The van der Waals surface area contributed by atoms with Crippen LogP contribution in [0.25, 0.3) is 0 Å². The monoisotopic (exact) mass is 406 g/mol. The number of hydrogen-bond donors (Lipinski definition) is 0. The van der Waals surface area contributed by atoms with E-state index in [9.17, 15) is 0 Å². The van der Waals surface area contributed by atoms with Gasteiger partial charge >= 0.3 is 0 Å². The molecule has 1 unspecified atom stereocenters. The summed E-state index contributed by atoms with van der Waals surface area (Å²) in [6, 6.07) is 8.37. The van der Waals surface area contributed by atoms with Crippen LogP contribution in [0.1, 0.15) is 38.9 Å². The Morgan fingerprint density at radius 3 is 2.26 bits per heavy atom. The van der Waals surface area contributed by atoms with Crippen molar-refractivity contribution in [3.8, 4) is 0 Å². The van der Waals surface area contributed by atoms with E-state index >= 15 is 0 Å². The molecular formula is C15H24Br2OSi. The maximum Gasteiger partial charge on any atom is 0.192 e. The Balaban J connectivity index is 3.00. The molecule has 1 nitrogen and oxygen atoms in total. The van der Waals surface area contributed by atoms with Crippen molar-refractivity contribution in [1.29, 1.82) is 0 Å². The highest BCUT2D eigenvalue weighted by molar-refractivity contribution is 9.10. The lowest BCUT2D eigenvalue weighted by Gasteiger charge is -2.39. The number of halogens is 2. The van der Waals surface area contributed by atoms with E-state index in [-0.39, 0.29) is 11.1 Å². The van der Waals surface area contributed by atoms with E-state index in [0.717, 1.165) is 16.2 Å². The summed E-state index contributed by atoms with van der Waals surface area (Å²) in [6.07, 6.45) is 1.16. The van der Waals surface area contributed by atoms with Crippen LogP contribution in [0.15, 0.2) is 28.7 Å². The number of rotatable bonds is 5. The van der Waals surface area contributed by atoms with Gasteiger partial charge < -0.3 is 4.43 Å². The highest BCUT2D eigenvalue weighted by Gasteiger charge is 2.39. The summed E-state index contributed by atoms with van der Waals surface area (Å²) in [6.45, 7) is 11.5. The van der Waals surface area contributed by atoms with Gasteiger partial charge in [0.1, 0.15) is 0 Å². The molecule has 1 atom stereocenters. The Kier molecular flexibility index (Phi) is 6.30. The summed E-state index contributed by atoms with van der Waals surface area (Å²) in [5.74, 6) is 0. The summed E-state index contributed by atoms with van der Waals surface area (Å²) in [5, 5.41) is 1.19. The second-order valence-corrected chi connectivity index (χ2v) is 12.8. The predicted molar refractivity (Wildman–Crippen MR) is 93.6 cm³/mol. The molecule has 0 heterocycles. The Hall–Kier alpha value is 0.357. The summed E-state index contributed by atoms with van der Waals surface area (Å²) in [5.41, 5.74) is 1.26. The van der Waals surface area contributed by atoms with E-state index in [0.29, 0.717) is 0 Å². The summed E-state index contributed by atoms with van der Waals surface area (Å²) in [4.78, 5) is 0. The molecule has 0 bridgehead atoms. The van der Waals surface area contributed by atoms with Gasteiger partial charge in [-0.1, -0.05) is 70.8 Å². The molecule has 0 fully saturated rings. The van der Waals surface area contributed by atoms with Gasteiger partial charge in [0, 0.05) is 9.80 Å². The van der Waals surface area contributed by atoms with Crippen LogP contribution in [0.3, 0.4) is 0 Å². The Morgan fingerprint density at radius 2 is 1.79 bits per heavy atom. The fraction of sp³-hybridized carbons (Fsp3) is 0.600. The lowest BCUT2D eigenvalue weighted by Crippen LogP contribution is -2.42. The van der Waals surface area contributed by atoms with Gasteiger partial charge in [-0.05, 0) is 36.2 Å². The van der Waals surface area contributed by atoms with Gasteiger partial charge in [0.05, 0.1) is 6.10 Å². The van der Waals surface area contributed by atoms with Crippen LogP contribution in [0, 0.1) is 0 Å². The number of benzene rings is 1. The first-order chi connectivity index (χ1) is 8.69. The zero-order chi connectivity index (χ0) is 14.7. The van der Waals surface area contributed by atoms with Crippen LogP contribution in [0.4, 0.5) is 0 Å². The van der Waals surface area contributed by atoms with Crippen LogP contribution in [-0.2, 0) is 4.43 Å². The number of hydrogen-bond acceptors (Lipinski definition) is 1. The minimum atomic E-state index is -1.75. The van der Waals surface area contributed by atoms with Crippen molar-refractivity contribution in [3.63, 3.8) is 0 Å². The minimum Gasteiger partial charge on any atom is -0.410 e. The molecule has 0 aliphatic rings. The van der Waals surface area contributed by atoms with Crippen LogP contribution in [0.2, 0.25) is 18.1 Å². The van der Waals surface area contributed by atoms with E-state index < -0.39 is 8.32 Å². The molecule has 0 aliphatic carbocycles. The molecule has 1 aromatic rings. The first kappa shape index (κ1) is 17.4. The molecule has 0 aromatic heterocycles. The van der Waals surface area contributed by atoms with Crippen molar-refractivity contribution in [1.82, 2.24) is 0 Å². The molecule has 0 aliphatic heterocycles. The molecule has 19 heavy (non-hydrogen) atoms. The Bertz CT molecular complexity index is 413. The fourth-order valence-electron chi connectivity index (χ4n) is 1.65. The maximum atomic E-state index is 6.59. The van der Waals surface area contributed by atoms with Crippen LogP contribution in [0.5, 0.6) is 0 Å². The third-order valence-electron chi connectivity index (χ3n) is 3.87. The lowest BCUT2D eigenvalue weighted by atomic mass is 10.1. The van der Waals surface area contributed by atoms with Gasteiger partial charge in [0.15, 0.2) is 8.32 Å². The molecule has 1 aromatic carbocycles. The molecule has 4 heteroatoms. The Morgan fingerprint density at radius 1 is 1.21 bits per heavy atom. The number of alkyl halides is 1. The second-order valence-electron chi connectivity index (χ2n) is 6.37. The van der Waals surface area contributed by atoms with E-state index in [2.05, 4.69) is 83.9 Å². The third kappa shape index (κ3) is 4.69. The average Bonchev–Trinajstić information content (AvgIpc) is 2.27. The molecule has 0 N–H and O–H groups in total. The van der Waals surface area contributed by atoms with Gasteiger partial charge in [-0.2, -0.15) is 0 Å². The zero-order valence-corrected chi connectivity index (χ0v) is 16.6. The van der Waals surface area contributed by atoms with Crippen LogP contribution < -0.4 is 0 Å². The lowest BCUT2D eigenvalue weighted by molar-refractivity contribution is 0.180. The minimum absolute atomic E-state index is 0.163.